The van der Waals surface area contributed by atoms with Crippen molar-refractivity contribution in [1.29, 1.82) is 0 Å². The quantitative estimate of drug-likeness (QED) is 0.184. The van der Waals surface area contributed by atoms with Crippen molar-refractivity contribution < 1.29 is 9.53 Å². The molecule has 0 aliphatic heterocycles. The Balaban J connectivity index is 1.63. The minimum absolute atomic E-state index is 0.194. The first kappa shape index (κ1) is 27.8. The predicted octanol–water partition coefficient (Wildman–Crippen LogP) is 4.72. The molecule has 1 aliphatic rings. The van der Waals surface area contributed by atoms with Crippen LogP contribution in [0.2, 0.25) is 0 Å². The summed E-state index contributed by atoms with van der Waals surface area (Å²) in [5.41, 5.74) is 1.85. The van der Waals surface area contributed by atoms with Crippen LogP contribution in [-0.2, 0) is 11.2 Å². The maximum Gasteiger partial charge on any atom is 0.280 e. The highest BCUT2D eigenvalue weighted by Crippen LogP contribution is 2.34. The van der Waals surface area contributed by atoms with Crippen molar-refractivity contribution in [2.24, 2.45) is 9.98 Å². The minimum atomic E-state index is -0.201. The number of pyridine rings is 1. The lowest BCUT2D eigenvalue weighted by Gasteiger charge is -2.19. The van der Waals surface area contributed by atoms with Crippen molar-refractivity contribution >= 4 is 47.8 Å². The number of aromatic nitrogens is 2. The van der Waals surface area contributed by atoms with Crippen LogP contribution in [0.5, 0.6) is 0 Å². The second kappa shape index (κ2) is 14.7. The number of nitrogens with zero attached hydrogens (tertiary/aromatic N) is 5. The van der Waals surface area contributed by atoms with E-state index in [9.17, 15) is 4.79 Å². The van der Waals surface area contributed by atoms with Gasteiger partial charge in [-0.15, -0.1) is 11.3 Å². The van der Waals surface area contributed by atoms with Gasteiger partial charge in [0.2, 0.25) is 5.88 Å². The van der Waals surface area contributed by atoms with Crippen molar-refractivity contribution in [3.05, 3.63) is 52.2 Å². The van der Waals surface area contributed by atoms with Gasteiger partial charge < -0.3 is 19.7 Å². The van der Waals surface area contributed by atoms with Gasteiger partial charge in [0.25, 0.3) is 5.91 Å². The third-order valence-corrected chi connectivity index (χ3v) is 7.36. The molecule has 3 rings (SSSR count). The lowest BCUT2D eigenvalue weighted by molar-refractivity contribution is 0.0932. The summed E-state index contributed by atoms with van der Waals surface area (Å²) in [6.45, 7) is 6.76. The molecular weight excluding hydrogens is 494 g/mol. The lowest BCUT2D eigenvalue weighted by atomic mass is 10.1. The van der Waals surface area contributed by atoms with E-state index < -0.39 is 0 Å². The van der Waals surface area contributed by atoms with Crippen molar-refractivity contribution in [2.75, 3.05) is 32.0 Å². The summed E-state index contributed by atoms with van der Waals surface area (Å²) < 4.78 is 8.69. The summed E-state index contributed by atoms with van der Waals surface area (Å²) in [4.78, 5) is 33.0. The molecule has 2 aromatic rings. The SMILES string of the molecule is C=N/C(=C\N=C/Cc1cnc(C(=O)NC(CCCN(C)C)c2cc(NSC3CC3)ccn2)s1)OCC. The third-order valence-electron chi connectivity index (χ3n) is 5.19. The molecule has 0 saturated heterocycles. The highest BCUT2D eigenvalue weighted by molar-refractivity contribution is 8.01. The molecule has 1 atom stereocenters. The van der Waals surface area contributed by atoms with E-state index in [0.29, 0.717) is 29.2 Å². The molecule has 1 amide bonds. The standard InChI is InChI=1S/C25H35N7O2S2/c1-5-34-23(26-2)17-27-12-11-20-16-29-25(35-20)24(33)30-21(7-6-14-32(3)4)22-15-18(10-13-28-22)31-36-19-8-9-19/h10,12-13,15-17,19,21H,2,5-9,11,14H2,1,3-4H3,(H,28,31)(H,30,33)/b23-17+,27-12-. The van der Waals surface area contributed by atoms with E-state index in [1.54, 1.807) is 30.6 Å². The van der Waals surface area contributed by atoms with E-state index in [1.165, 1.54) is 30.4 Å². The van der Waals surface area contributed by atoms with Crippen molar-refractivity contribution in [3.8, 4) is 0 Å². The maximum absolute atomic E-state index is 13.1. The van der Waals surface area contributed by atoms with E-state index in [2.05, 4.69) is 41.6 Å². The molecule has 0 spiro atoms. The summed E-state index contributed by atoms with van der Waals surface area (Å²) in [5.74, 6) is 0.178. The van der Waals surface area contributed by atoms with Gasteiger partial charge in [0.05, 0.1) is 24.5 Å². The fourth-order valence-electron chi connectivity index (χ4n) is 3.20. The van der Waals surface area contributed by atoms with E-state index >= 15 is 0 Å². The fraction of sp³-hybridized carbons (Fsp3) is 0.480. The Hall–Kier alpha value is -2.76. The molecule has 0 aromatic carbocycles. The van der Waals surface area contributed by atoms with Gasteiger partial charge in [-0.2, -0.15) is 0 Å². The number of thiazole rings is 1. The Morgan fingerprint density at radius 2 is 2.25 bits per heavy atom. The van der Waals surface area contributed by atoms with E-state index in [0.717, 1.165) is 35.6 Å². The number of ether oxygens (including phenoxy) is 1. The van der Waals surface area contributed by atoms with Crippen molar-refractivity contribution in [2.45, 2.75) is 50.3 Å². The van der Waals surface area contributed by atoms with Gasteiger partial charge in [0.15, 0.2) is 5.01 Å². The van der Waals surface area contributed by atoms with Crippen LogP contribution in [0.1, 0.15) is 59.0 Å². The summed E-state index contributed by atoms with van der Waals surface area (Å²) in [6.07, 6.45) is 11.5. The smallest absolute Gasteiger partial charge is 0.280 e. The summed E-state index contributed by atoms with van der Waals surface area (Å²) >= 11 is 3.11. The summed E-state index contributed by atoms with van der Waals surface area (Å²) in [5, 5.41) is 4.28. The zero-order chi connectivity index (χ0) is 25.8. The summed E-state index contributed by atoms with van der Waals surface area (Å²) in [6, 6.07) is 3.79. The van der Waals surface area contributed by atoms with E-state index in [1.807, 2.05) is 33.2 Å². The molecule has 0 bridgehead atoms. The first-order valence-electron chi connectivity index (χ1n) is 12.1. The summed E-state index contributed by atoms with van der Waals surface area (Å²) in [7, 11) is 4.10. The van der Waals surface area contributed by atoms with Crippen LogP contribution >= 0.6 is 23.3 Å². The van der Waals surface area contributed by atoms with Gasteiger partial charge in [0.1, 0.15) is 0 Å². The van der Waals surface area contributed by atoms with Crippen LogP contribution in [0.4, 0.5) is 5.69 Å². The van der Waals surface area contributed by atoms with Gasteiger partial charge in [-0.25, -0.2) is 9.98 Å². The first-order chi connectivity index (χ1) is 17.5. The molecule has 1 unspecified atom stereocenters. The largest absolute Gasteiger partial charge is 0.477 e. The number of carbonyl (C=O) groups excluding carboxylic acids is 1. The molecule has 1 aliphatic carbocycles. The average molecular weight is 530 g/mol. The molecule has 1 saturated carbocycles. The zero-order valence-electron chi connectivity index (χ0n) is 21.1. The zero-order valence-corrected chi connectivity index (χ0v) is 22.8. The molecule has 2 heterocycles. The molecule has 2 N–H and O–H groups in total. The molecular formula is C25H35N7O2S2. The van der Waals surface area contributed by atoms with Gasteiger partial charge in [-0.1, -0.05) is 0 Å². The van der Waals surface area contributed by atoms with Crippen LogP contribution in [0.25, 0.3) is 0 Å². The molecule has 9 nitrogen and oxygen atoms in total. The first-order valence-corrected chi connectivity index (χ1v) is 13.8. The van der Waals surface area contributed by atoms with Gasteiger partial charge in [-0.05, 0) is 84.0 Å². The van der Waals surface area contributed by atoms with Crippen LogP contribution in [-0.4, -0.2) is 66.2 Å². The Morgan fingerprint density at radius 3 is 2.97 bits per heavy atom. The van der Waals surface area contributed by atoms with Crippen LogP contribution < -0.4 is 10.0 Å². The Kier molecular flexibility index (Phi) is 11.4. The van der Waals surface area contributed by atoms with Crippen LogP contribution in [0, 0.1) is 0 Å². The van der Waals surface area contributed by atoms with Crippen molar-refractivity contribution in [3.63, 3.8) is 0 Å². The van der Waals surface area contributed by atoms with Gasteiger partial charge >= 0.3 is 0 Å². The molecule has 2 aromatic heterocycles. The minimum Gasteiger partial charge on any atom is -0.477 e. The topological polar surface area (TPSA) is 104 Å². The highest BCUT2D eigenvalue weighted by atomic mass is 32.2. The predicted molar refractivity (Wildman–Crippen MR) is 150 cm³/mol. The normalized spacial score (nSPS) is 14.7. The van der Waals surface area contributed by atoms with Gasteiger partial charge in [0, 0.05) is 40.8 Å². The molecule has 0 radical (unpaired) electrons. The second-order valence-corrected chi connectivity index (χ2v) is 10.8. The maximum atomic E-state index is 13.1. The van der Waals surface area contributed by atoms with Crippen molar-refractivity contribution in [1.82, 2.24) is 20.2 Å². The van der Waals surface area contributed by atoms with E-state index in [4.69, 9.17) is 4.74 Å². The number of anilines is 1. The fourth-order valence-corrected chi connectivity index (χ4v) is 4.77. The third kappa shape index (κ3) is 9.71. The Labute approximate surface area is 221 Å². The average Bonchev–Trinajstić information content (AvgIpc) is 3.59. The highest BCUT2D eigenvalue weighted by Gasteiger charge is 2.23. The number of nitrogens with one attached hydrogen (secondary N) is 2. The number of aliphatic imine (C=N–C) groups is 2. The number of rotatable bonds is 16. The van der Waals surface area contributed by atoms with Gasteiger partial charge in [-0.3, -0.25) is 14.8 Å². The number of carbonyl (C=O) groups is 1. The number of hydrogen-bond donors (Lipinski definition) is 2. The van der Waals surface area contributed by atoms with E-state index in [-0.39, 0.29) is 11.9 Å². The number of amides is 1. The molecule has 194 valence electrons. The Morgan fingerprint density at radius 1 is 1.42 bits per heavy atom. The molecule has 36 heavy (non-hydrogen) atoms. The lowest BCUT2D eigenvalue weighted by Crippen LogP contribution is -2.29. The van der Waals surface area contributed by atoms with Crippen LogP contribution in [0.15, 0.2) is 46.6 Å². The molecule has 11 heteroatoms. The number of hydrogen-bond acceptors (Lipinski definition) is 10. The Bertz CT molecular complexity index is 1050. The second-order valence-electron chi connectivity index (χ2n) is 8.59. The molecule has 1 fully saturated rings. The monoisotopic (exact) mass is 529 g/mol. The van der Waals surface area contributed by atoms with Crippen LogP contribution in [0.3, 0.4) is 0 Å².